The van der Waals surface area contributed by atoms with Crippen LogP contribution in [0.25, 0.3) is 26.3 Å². The van der Waals surface area contributed by atoms with Crippen molar-refractivity contribution in [2.75, 3.05) is 0 Å². The van der Waals surface area contributed by atoms with Gasteiger partial charge in [0.15, 0.2) is 0 Å². The maximum Gasteiger partial charge on any atom is 0.283 e. The Morgan fingerprint density at radius 2 is 1.59 bits per heavy atom. The van der Waals surface area contributed by atoms with Crippen molar-refractivity contribution in [2.45, 2.75) is 33.4 Å². The molecule has 0 unspecified atom stereocenters. The SMILES string of the molecule is CCc1cccc(Cn2c(C)c3c(=O)n(-c4nc5ccccc5s4)n(Cc4ccccc4)c3cc2=O)n1. The van der Waals surface area contributed by atoms with Crippen LogP contribution in [0.4, 0.5) is 0 Å². The van der Waals surface area contributed by atoms with Gasteiger partial charge < -0.3 is 4.57 Å². The van der Waals surface area contributed by atoms with Crippen LogP contribution in [0, 0.1) is 6.92 Å². The van der Waals surface area contributed by atoms with Crippen molar-refractivity contribution < 1.29 is 0 Å². The number of aryl methyl sites for hydroxylation is 2. The highest BCUT2D eigenvalue weighted by molar-refractivity contribution is 7.20. The molecule has 37 heavy (non-hydrogen) atoms. The number of aromatic nitrogens is 5. The van der Waals surface area contributed by atoms with Crippen LogP contribution < -0.4 is 11.1 Å². The van der Waals surface area contributed by atoms with E-state index in [4.69, 9.17) is 4.98 Å². The Morgan fingerprint density at radius 1 is 0.838 bits per heavy atom. The summed E-state index contributed by atoms with van der Waals surface area (Å²) in [5.74, 6) is 0. The fraction of sp³-hybridized carbons (Fsp3) is 0.172. The minimum atomic E-state index is -0.188. The summed E-state index contributed by atoms with van der Waals surface area (Å²) in [6, 6.07) is 25.2. The largest absolute Gasteiger partial charge is 0.306 e. The highest BCUT2D eigenvalue weighted by Crippen LogP contribution is 2.26. The molecule has 4 heterocycles. The Bertz CT molecular complexity index is 1850. The molecule has 2 aromatic carbocycles. The van der Waals surface area contributed by atoms with Gasteiger partial charge in [-0.1, -0.05) is 66.8 Å². The molecule has 0 amide bonds. The summed E-state index contributed by atoms with van der Waals surface area (Å²) in [7, 11) is 0. The van der Waals surface area contributed by atoms with Crippen LogP contribution in [0.3, 0.4) is 0 Å². The van der Waals surface area contributed by atoms with Gasteiger partial charge in [0.05, 0.1) is 39.9 Å². The van der Waals surface area contributed by atoms with Crippen molar-refractivity contribution in [3.8, 4) is 5.13 Å². The van der Waals surface area contributed by atoms with Crippen LogP contribution in [0.5, 0.6) is 0 Å². The molecule has 0 aliphatic heterocycles. The molecule has 0 aliphatic carbocycles. The van der Waals surface area contributed by atoms with E-state index >= 15 is 0 Å². The molecule has 6 rings (SSSR count). The number of benzene rings is 2. The van der Waals surface area contributed by atoms with Crippen molar-refractivity contribution in [2.24, 2.45) is 0 Å². The zero-order chi connectivity index (χ0) is 25.5. The van der Waals surface area contributed by atoms with Crippen LogP contribution in [0.1, 0.15) is 29.6 Å². The van der Waals surface area contributed by atoms with Crippen LogP contribution in [-0.2, 0) is 19.5 Å². The highest BCUT2D eigenvalue weighted by Gasteiger charge is 2.22. The van der Waals surface area contributed by atoms with Crippen molar-refractivity contribution in [3.05, 3.63) is 122 Å². The lowest BCUT2D eigenvalue weighted by atomic mass is 10.2. The van der Waals surface area contributed by atoms with Crippen molar-refractivity contribution >= 4 is 32.5 Å². The number of pyridine rings is 2. The van der Waals surface area contributed by atoms with E-state index in [9.17, 15) is 9.59 Å². The molecular weight excluding hydrogens is 482 g/mol. The standard InChI is InChI=1S/C29H25N5O2S/c1-3-21-12-9-13-22(30-21)18-32-19(2)27-24(16-26(32)35)33(17-20-10-5-4-6-11-20)34(28(27)36)29-31-23-14-7-8-15-25(23)37-29/h4-16H,3,17-18H2,1-2H3. The number of rotatable bonds is 6. The molecule has 7 nitrogen and oxygen atoms in total. The summed E-state index contributed by atoms with van der Waals surface area (Å²) in [4.78, 5) is 36.9. The zero-order valence-corrected chi connectivity index (χ0v) is 21.4. The molecule has 8 heteroatoms. The third-order valence-corrected chi connectivity index (χ3v) is 7.67. The van der Waals surface area contributed by atoms with Gasteiger partial charge in [-0.3, -0.25) is 19.3 Å². The molecule has 0 radical (unpaired) electrons. The Hall–Kier alpha value is -4.30. The average molecular weight is 508 g/mol. The van der Waals surface area contributed by atoms with Crippen LogP contribution in [-0.4, -0.2) is 23.9 Å². The third kappa shape index (κ3) is 4.09. The lowest BCUT2D eigenvalue weighted by Gasteiger charge is -2.13. The lowest BCUT2D eigenvalue weighted by molar-refractivity contribution is 0.610. The van der Waals surface area contributed by atoms with Crippen molar-refractivity contribution in [1.82, 2.24) is 23.9 Å². The normalized spacial score (nSPS) is 11.5. The summed E-state index contributed by atoms with van der Waals surface area (Å²) in [5, 5.41) is 1.09. The fourth-order valence-corrected chi connectivity index (χ4v) is 5.74. The molecule has 0 aliphatic rings. The van der Waals surface area contributed by atoms with Gasteiger partial charge in [-0.05, 0) is 43.2 Å². The second-order valence-electron chi connectivity index (χ2n) is 9.01. The number of nitrogens with zero attached hydrogens (tertiary/aromatic N) is 5. The minimum absolute atomic E-state index is 0.169. The van der Waals surface area contributed by atoms with Crippen molar-refractivity contribution in [1.29, 1.82) is 0 Å². The van der Waals surface area contributed by atoms with E-state index in [0.29, 0.717) is 34.8 Å². The number of hydrogen-bond acceptors (Lipinski definition) is 5. The molecule has 0 fully saturated rings. The van der Waals surface area contributed by atoms with E-state index in [2.05, 4.69) is 11.9 Å². The molecule has 0 saturated heterocycles. The third-order valence-electron chi connectivity index (χ3n) is 6.66. The first-order valence-corrected chi connectivity index (χ1v) is 13.1. The van der Waals surface area contributed by atoms with Crippen LogP contribution in [0.2, 0.25) is 0 Å². The fourth-order valence-electron chi connectivity index (χ4n) is 4.77. The molecule has 0 saturated carbocycles. The van der Waals surface area contributed by atoms with Crippen LogP contribution >= 0.6 is 11.3 Å². The number of thiazole rings is 1. The molecule has 4 aromatic heterocycles. The van der Waals surface area contributed by atoms with Gasteiger partial charge in [0.2, 0.25) is 5.13 Å². The second-order valence-corrected chi connectivity index (χ2v) is 10.0. The second kappa shape index (κ2) is 9.29. The number of para-hydroxylation sites is 1. The van der Waals surface area contributed by atoms with E-state index in [-0.39, 0.29) is 11.1 Å². The Labute approximate surface area is 216 Å². The first-order valence-electron chi connectivity index (χ1n) is 12.2. The van der Waals surface area contributed by atoms with E-state index < -0.39 is 0 Å². The molecule has 0 atom stereocenters. The molecule has 0 bridgehead atoms. The molecule has 0 N–H and O–H groups in total. The molecular formula is C29H25N5O2S. The maximum absolute atomic E-state index is 14.0. The van der Waals surface area contributed by atoms with Crippen molar-refractivity contribution in [3.63, 3.8) is 0 Å². The zero-order valence-electron chi connectivity index (χ0n) is 20.6. The number of hydrogen-bond donors (Lipinski definition) is 0. The van der Waals surface area contributed by atoms with E-state index in [1.165, 1.54) is 11.3 Å². The van der Waals surface area contributed by atoms with Gasteiger partial charge in [0, 0.05) is 17.5 Å². The molecule has 0 spiro atoms. The highest BCUT2D eigenvalue weighted by atomic mass is 32.1. The van der Waals surface area contributed by atoms with Gasteiger partial charge in [-0.2, -0.15) is 4.68 Å². The van der Waals surface area contributed by atoms with E-state index in [1.807, 2.05) is 84.4 Å². The summed E-state index contributed by atoms with van der Waals surface area (Å²) >= 11 is 1.46. The van der Waals surface area contributed by atoms with Gasteiger partial charge >= 0.3 is 0 Å². The lowest BCUT2D eigenvalue weighted by Crippen LogP contribution is -2.24. The van der Waals surface area contributed by atoms with Gasteiger partial charge in [-0.25, -0.2) is 4.98 Å². The monoisotopic (exact) mass is 507 g/mol. The van der Waals surface area contributed by atoms with E-state index in [1.54, 1.807) is 15.3 Å². The summed E-state index contributed by atoms with van der Waals surface area (Å²) in [6.45, 7) is 4.62. The Balaban J connectivity index is 1.59. The predicted molar refractivity (Wildman–Crippen MR) is 148 cm³/mol. The smallest absolute Gasteiger partial charge is 0.283 e. The Kier molecular flexibility index (Phi) is 5.81. The number of fused-ring (bicyclic) bond motifs is 2. The molecule has 6 aromatic rings. The summed E-state index contributed by atoms with van der Waals surface area (Å²) in [5.41, 5.74) is 4.49. The average Bonchev–Trinajstić information content (AvgIpc) is 3.45. The minimum Gasteiger partial charge on any atom is -0.306 e. The summed E-state index contributed by atoms with van der Waals surface area (Å²) in [6.07, 6.45) is 0.815. The van der Waals surface area contributed by atoms with Gasteiger partial charge in [0.1, 0.15) is 0 Å². The maximum atomic E-state index is 14.0. The van der Waals surface area contributed by atoms with Crippen LogP contribution in [0.15, 0.2) is 88.5 Å². The topological polar surface area (TPSA) is 74.7 Å². The predicted octanol–water partition coefficient (Wildman–Crippen LogP) is 4.93. The summed E-state index contributed by atoms with van der Waals surface area (Å²) < 4.78 is 6.13. The van der Waals surface area contributed by atoms with Gasteiger partial charge in [-0.15, -0.1) is 0 Å². The Morgan fingerprint density at radius 3 is 2.38 bits per heavy atom. The first-order chi connectivity index (χ1) is 18.0. The molecule has 184 valence electrons. The van der Waals surface area contributed by atoms with E-state index in [0.717, 1.165) is 33.6 Å². The first kappa shape index (κ1) is 23.1. The quantitative estimate of drug-likeness (QED) is 0.321. The van der Waals surface area contributed by atoms with Gasteiger partial charge in [0.25, 0.3) is 11.1 Å².